The third-order valence-corrected chi connectivity index (χ3v) is 5.42. The highest BCUT2D eigenvalue weighted by atomic mass is 15.2. The first-order chi connectivity index (χ1) is 9.31. The maximum Gasteiger partial charge on any atom is 0.0354 e. The fourth-order valence-corrected chi connectivity index (χ4v) is 4.41. The summed E-state index contributed by atoms with van der Waals surface area (Å²) in [6.45, 7) is 6.04. The Hall–Kier alpha value is -0.860. The molecule has 1 aromatic carbocycles. The number of fused-ring (bicyclic) bond motifs is 2. The number of benzene rings is 1. The molecule has 3 atom stereocenters. The van der Waals surface area contributed by atoms with Crippen LogP contribution in [-0.2, 0) is 6.42 Å². The minimum Gasteiger partial charge on any atom is -0.312 e. The van der Waals surface area contributed by atoms with Crippen molar-refractivity contribution in [3.63, 3.8) is 0 Å². The van der Waals surface area contributed by atoms with Crippen LogP contribution in [0.15, 0.2) is 18.2 Å². The molecule has 2 saturated heterocycles. The Morgan fingerprint density at radius 2 is 2.16 bits per heavy atom. The van der Waals surface area contributed by atoms with Crippen molar-refractivity contribution in [3.8, 4) is 0 Å². The molecule has 2 aliphatic heterocycles. The van der Waals surface area contributed by atoms with E-state index in [0.717, 1.165) is 12.0 Å². The third kappa shape index (κ3) is 2.02. The van der Waals surface area contributed by atoms with Gasteiger partial charge < -0.3 is 5.32 Å². The molecule has 2 heterocycles. The summed E-state index contributed by atoms with van der Waals surface area (Å²) in [6, 6.07) is 8.52. The zero-order valence-corrected chi connectivity index (χ0v) is 11.9. The van der Waals surface area contributed by atoms with Crippen LogP contribution < -0.4 is 5.32 Å². The van der Waals surface area contributed by atoms with Crippen LogP contribution in [0.4, 0.5) is 0 Å². The molecule has 2 nitrogen and oxygen atoms in total. The van der Waals surface area contributed by atoms with Crippen LogP contribution in [0.1, 0.15) is 42.0 Å². The van der Waals surface area contributed by atoms with Crippen molar-refractivity contribution in [3.05, 3.63) is 34.9 Å². The second kappa shape index (κ2) is 4.60. The quantitative estimate of drug-likeness (QED) is 0.831. The van der Waals surface area contributed by atoms with Crippen LogP contribution in [0, 0.1) is 12.8 Å². The molecule has 1 aromatic rings. The highest BCUT2D eigenvalue weighted by molar-refractivity contribution is 5.38. The van der Waals surface area contributed by atoms with Crippen molar-refractivity contribution in [1.29, 1.82) is 0 Å². The van der Waals surface area contributed by atoms with Gasteiger partial charge >= 0.3 is 0 Å². The number of hydrogen-bond acceptors (Lipinski definition) is 2. The van der Waals surface area contributed by atoms with E-state index < -0.39 is 0 Å². The van der Waals surface area contributed by atoms with E-state index in [1.165, 1.54) is 50.9 Å². The predicted molar refractivity (Wildman–Crippen MR) is 78.3 cm³/mol. The Labute approximate surface area is 116 Å². The van der Waals surface area contributed by atoms with Crippen molar-refractivity contribution >= 4 is 0 Å². The smallest absolute Gasteiger partial charge is 0.0354 e. The van der Waals surface area contributed by atoms with Crippen LogP contribution in [-0.4, -0.2) is 30.6 Å². The van der Waals surface area contributed by atoms with E-state index >= 15 is 0 Å². The van der Waals surface area contributed by atoms with Gasteiger partial charge in [0.15, 0.2) is 0 Å². The van der Waals surface area contributed by atoms with Crippen molar-refractivity contribution in [2.75, 3.05) is 19.6 Å². The largest absolute Gasteiger partial charge is 0.312 e. The Morgan fingerprint density at radius 3 is 3.05 bits per heavy atom. The van der Waals surface area contributed by atoms with Gasteiger partial charge in [0.2, 0.25) is 0 Å². The Balaban J connectivity index is 1.57. The van der Waals surface area contributed by atoms with E-state index in [1.807, 2.05) is 0 Å². The van der Waals surface area contributed by atoms with E-state index in [1.54, 1.807) is 11.1 Å². The summed E-state index contributed by atoms with van der Waals surface area (Å²) in [5, 5.41) is 3.73. The molecule has 4 rings (SSSR count). The highest BCUT2D eigenvalue weighted by Crippen LogP contribution is 2.40. The molecule has 0 radical (unpaired) electrons. The number of rotatable bonds is 1. The van der Waals surface area contributed by atoms with Crippen LogP contribution in [0.3, 0.4) is 0 Å². The van der Waals surface area contributed by atoms with Gasteiger partial charge in [0.25, 0.3) is 0 Å². The van der Waals surface area contributed by atoms with E-state index in [9.17, 15) is 0 Å². The Morgan fingerprint density at radius 1 is 1.21 bits per heavy atom. The van der Waals surface area contributed by atoms with Crippen molar-refractivity contribution in [2.24, 2.45) is 5.92 Å². The minimum absolute atomic E-state index is 0.697. The number of nitrogens with one attached hydrogen (secondary N) is 1. The molecule has 1 aliphatic carbocycles. The van der Waals surface area contributed by atoms with Gasteiger partial charge in [0.05, 0.1) is 0 Å². The first-order valence-electron chi connectivity index (χ1n) is 7.88. The van der Waals surface area contributed by atoms with E-state index in [2.05, 4.69) is 35.3 Å². The number of piperidine rings is 1. The average Bonchev–Trinajstić information content (AvgIpc) is 3.00. The van der Waals surface area contributed by atoms with Gasteiger partial charge in [-0.1, -0.05) is 23.8 Å². The van der Waals surface area contributed by atoms with Gasteiger partial charge in [-0.25, -0.2) is 0 Å². The lowest BCUT2D eigenvalue weighted by molar-refractivity contribution is 0.234. The summed E-state index contributed by atoms with van der Waals surface area (Å²) in [4.78, 5) is 2.76. The van der Waals surface area contributed by atoms with E-state index in [0.29, 0.717) is 6.04 Å². The first kappa shape index (κ1) is 11.9. The molecule has 0 saturated carbocycles. The third-order valence-electron chi connectivity index (χ3n) is 5.42. The predicted octanol–water partition coefficient (Wildman–Crippen LogP) is 2.67. The molecule has 0 bridgehead atoms. The lowest BCUT2D eigenvalue weighted by Crippen LogP contribution is -2.40. The molecule has 2 fully saturated rings. The monoisotopic (exact) mass is 256 g/mol. The lowest BCUT2D eigenvalue weighted by Gasteiger charge is -2.25. The highest BCUT2D eigenvalue weighted by Gasteiger charge is 2.39. The van der Waals surface area contributed by atoms with Gasteiger partial charge in [0.1, 0.15) is 0 Å². The molecular formula is C17H24N2. The Bertz CT molecular complexity index is 468. The number of aryl methyl sites for hydroxylation is 2. The van der Waals surface area contributed by atoms with Gasteiger partial charge in [-0.2, -0.15) is 0 Å². The van der Waals surface area contributed by atoms with E-state index in [4.69, 9.17) is 0 Å². The molecule has 2 heteroatoms. The maximum atomic E-state index is 3.73. The van der Waals surface area contributed by atoms with E-state index in [-0.39, 0.29) is 0 Å². The molecule has 102 valence electrons. The molecule has 1 N–H and O–H groups in total. The zero-order chi connectivity index (χ0) is 12.8. The fourth-order valence-electron chi connectivity index (χ4n) is 4.41. The molecule has 0 spiro atoms. The first-order valence-corrected chi connectivity index (χ1v) is 7.88. The summed E-state index contributed by atoms with van der Waals surface area (Å²) in [7, 11) is 0. The van der Waals surface area contributed by atoms with Crippen LogP contribution in [0.25, 0.3) is 0 Å². The lowest BCUT2D eigenvalue weighted by atomic mass is 9.94. The molecule has 19 heavy (non-hydrogen) atoms. The molecule has 3 unspecified atom stereocenters. The van der Waals surface area contributed by atoms with Gasteiger partial charge in [-0.15, -0.1) is 0 Å². The molecular weight excluding hydrogens is 232 g/mol. The van der Waals surface area contributed by atoms with Crippen LogP contribution in [0.5, 0.6) is 0 Å². The number of likely N-dealkylation sites (tertiary alicyclic amines) is 1. The minimum atomic E-state index is 0.697. The summed E-state index contributed by atoms with van der Waals surface area (Å²) < 4.78 is 0. The van der Waals surface area contributed by atoms with Gasteiger partial charge in [-0.3, -0.25) is 4.90 Å². The topological polar surface area (TPSA) is 15.3 Å². The number of hydrogen-bond donors (Lipinski definition) is 1. The molecule has 3 aliphatic rings. The van der Waals surface area contributed by atoms with Crippen molar-refractivity contribution in [1.82, 2.24) is 10.2 Å². The van der Waals surface area contributed by atoms with Gasteiger partial charge in [0, 0.05) is 25.2 Å². The summed E-state index contributed by atoms with van der Waals surface area (Å²) in [6.07, 6.45) is 5.41. The SMILES string of the molecule is Cc1ccc2c(c1)C(N1CC3CCCNC3C1)CC2. The normalized spacial score (nSPS) is 34.3. The zero-order valence-electron chi connectivity index (χ0n) is 11.9. The standard InChI is InChI=1S/C17H24N2/c1-12-4-5-13-6-7-17(15(13)9-12)19-10-14-3-2-8-18-16(14)11-19/h4-5,9,14,16-18H,2-3,6-8,10-11H2,1H3. The van der Waals surface area contributed by atoms with Crippen LogP contribution >= 0.6 is 0 Å². The van der Waals surface area contributed by atoms with Crippen LogP contribution in [0.2, 0.25) is 0 Å². The number of nitrogens with zero attached hydrogens (tertiary/aromatic N) is 1. The maximum absolute atomic E-state index is 3.73. The summed E-state index contributed by atoms with van der Waals surface area (Å²) in [5.41, 5.74) is 4.64. The fraction of sp³-hybridized carbons (Fsp3) is 0.647. The summed E-state index contributed by atoms with van der Waals surface area (Å²) in [5.74, 6) is 0.905. The molecule has 0 aromatic heterocycles. The Kier molecular flexibility index (Phi) is 2.89. The second-order valence-corrected chi connectivity index (χ2v) is 6.67. The second-order valence-electron chi connectivity index (χ2n) is 6.67. The van der Waals surface area contributed by atoms with Crippen molar-refractivity contribution < 1.29 is 0 Å². The van der Waals surface area contributed by atoms with Gasteiger partial charge in [-0.05, 0) is 56.2 Å². The summed E-state index contributed by atoms with van der Waals surface area (Å²) >= 11 is 0. The van der Waals surface area contributed by atoms with Crippen molar-refractivity contribution in [2.45, 2.75) is 44.7 Å². The molecule has 0 amide bonds. The average molecular weight is 256 g/mol.